The van der Waals surface area contributed by atoms with Crippen LogP contribution in [0.15, 0.2) is 121 Å². The van der Waals surface area contributed by atoms with Gasteiger partial charge in [0.05, 0.1) is 28.3 Å². The number of aromatic nitrogens is 4. The van der Waals surface area contributed by atoms with Crippen molar-refractivity contribution in [2.24, 2.45) is 0 Å². The molecule has 8 bridgehead atoms. The van der Waals surface area contributed by atoms with Gasteiger partial charge in [-0.25, -0.2) is 14.8 Å². The number of aryl methyl sites for hydroxylation is 3. The van der Waals surface area contributed by atoms with Crippen LogP contribution in [0.1, 0.15) is 49.8 Å². The summed E-state index contributed by atoms with van der Waals surface area (Å²) < 4.78 is 0. The van der Waals surface area contributed by atoms with Gasteiger partial charge in [0.15, 0.2) is 0 Å². The fourth-order valence-corrected chi connectivity index (χ4v) is 7.36. The summed E-state index contributed by atoms with van der Waals surface area (Å²) in [6.45, 7) is 6.28. The van der Waals surface area contributed by atoms with Gasteiger partial charge in [-0.2, -0.15) is 0 Å². The Kier molecular flexibility index (Phi) is 8.01. The number of H-pyrrole nitrogens is 2. The molecule has 54 heavy (non-hydrogen) atoms. The number of carbonyl (C=O) groups is 1. The largest absolute Gasteiger partial charge is 0.478 e. The summed E-state index contributed by atoms with van der Waals surface area (Å²) in [4.78, 5) is 30.1. The molecule has 2 aliphatic heterocycles. The van der Waals surface area contributed by atoms with Gasteiger partial charge in [-0.1, -0.05) is 102 Å². The van der Waals surface area contributed by atoms with Crippen LogP contribution in [0, 0.1) is 20.8 Å². The van der Waals surface area contributed by atoms with Gasteiger partial charge in [-0.05, 0) is 104 Å². The summed E-state index contributed by atoms with van der Waals surface area (Å²) in [7, 11) is 0. The number of carboxylic acid groups (broad SMARTS) is 1. The molecule has 3 aromatic heterocycles. The molecular weight excluding hydrogens is 665 g/mol. The highest BCUT2D eigenvalue weighted by molar-refractivity contribution is 6.00. The second kappa shape index (κ2) is 13.2. The number of nitrogens with one attached hydrogen (secondary N) is 2. The number of hydrogen-bond donors (Lipinski definition) is 3. The van der Waals surface area contributed by atoms with E-state index in [1.807, 2.05) is 18.2 Å². The second-order valence-corrected chi connectivity index (χ2v) is 14.0. The van der Waals surface area contributed by atoms with Gasteiger partial charge in [-0.15, -0.1) is 0 Å². The highest BCUT2D eigenvalue weighted by Gasteiger charge is 2.19. The number of aromatic amines is 2. The van der Waals surface area contributed by atoms with Crippen molar-refractivity contribution in [1.29, 1.82) is 0 Å². The van der Waals surface area contributed by atoms with E-state index in [-0.39, 0.29) is 5.56 Å². The average Bonchev–Trinajstić information content (AvgIpc) is 4.02. The SMILES string of the molecule is Cc1ccc(-c2c3nc(c(-c4ccc(C)cc4)c4ccc([nH]4)c(-c4ccc(C(=O)O)cc4)c4nc(c(-c5ccc(C)cc5)c5ccc2[nH]5)C=C4)C=C3)cc1. The molecule has 0 fully saturated rings. The normalized spacial score (nSPS) is 12.0. The summed E-state index contributed by atoms with van der Waals surface area (Å²) in [5.41, 5.74) is 18.5. The minimum absolute atomic E-state index is 0.225. The summed E-state index contributed by atoms with van der Waals surface area (Å²) in [6, 6.07) is 41.1. The number of benzene rings is 4. The van der Waals surface area contributed by atoms with Crippen LogP contribution in [0.3, 0.4) is 0 Å². The molecule has 0 amide bonds. The van der Waals surface area contributed by atoms with Crippen molar-refractivity contribution < 1.29 is 9.90 Å². The van der Waals surface area contributed by atoms with Crippen molar-refractivity contribution in [2.45, 2.75) is 20.8 Å². The van der Waals surface area contributed by atoms with Crippen molar-refractivity contribution in [3.8, 4) is 44.5 Å². The molecule has 0 saturated heterocycles. The molecule has 0 atom stereocenters. The summed E-state index contributed by atoms with van der Waals surface area (Å²) >= 11 is 0. The number of carboxylic acids is 1. The van der Waals surface area contributed by atoms with Gasteiger partial charge in [0, 0.05) is 44.3 Å². The predicted molar refractivity (Wildman–Crippen MR) is 222 cm³/mol. The van der Waals surface area contributed by atoms with E-state index in [0.29, 0.717) is 0 Å². The topological polar surface area (TPSA) is 94.7 Å². The Morgan fingerprint density at radius 1 is 0.407 bits per heavy atom. The van der Waals surface area contributed by atoms with Crippen LogP contribution >= 0.6 is 0 Å². The van der Waals surface area contributed by atoms with Crippen LogP contribution in [-0.2, 0) is 0 Å². The van der Waals surface area contributed by atoms with Crippen LogP contribution < -0.4 is 0 Å². The van der Waals surface area contributed by atoms with Gasteiger partial charge < -0.3 is 15.1 Å². The second-order valence-electron chi connectivity index (χ2n) is 14.0. The smallest absolute Gasteiger partial charge is 0.335 e. The maximum absolute atomic E-state index is 11.8. The summed E-state index contributed by atoms with van der Waals surface area (Å²) in [5, 5.41) is 9.68. The van der Waals surface area contributed by atoms with Crippen molar-refractivity contribution in [1.82, 2.24) is 19.9 Å². The standard InChI is InChI=1S/C48H36N4O2/c1-28-4-10-31(11-5-28)44-36-20-22-38(49-36)45(32-12-6-29(2)7-13-32)40-24-26-42(51-40)47(34-16-18-35(19-17-34)48(53)54)43-27-25-41(52-43)46(39-23-21-37(44)50-39)33-14-8-30(3)9-15-33/h4-27,49,52H,1-3H3,(H,53,54). The maximum Gasteiger partial charge on any atom is 0.335 e. The van der Waals surface area contributed by atoms with E-state index in [1.54, 1.807) is 12.1 Å². The fraction of sp³-hybridized carbons (Fsp3) is 0.0625. The molecule has 9 rings (SSSR count). The van der Waals surface area contributed by atoms with Gasteiger partial charge in [0.25, 0.3) is 0 Å². The van der Waals surface area contributed by atoms with Crippen molar-refractivity contribution in [3.05, 3.63) is 166 Å². The zero-order valence-corrected chi connectivity index (χ0v) is 30.1. The number of rotatable bonds is 5. The van der Waals surface area contributed by atoms with Gasteiger partial charge in [-0.3, -0.25) is 0 Å². The lowest BCUT2D eigenvalue weighted by atomic mass is 10.0. The van der Waals surface area contributed by atoms with Gasteiger partial charge >= 0.3 is 5.97 Å². The number of aromatic carboxylic acids is 1. The van der Waals surface area contributed by atoms with Crippen molar-refractivity contribution in [3.63, 3.8) is 0 Å². The van der Waals surface area contributed by atoms with E-state index in [9.17, 15) is 9.90 Å². The molecule has 0 saturated carbocycles. The highest BCUT2D eigenvalue weighted by Crippen LogP contribution is 2.38. The van der Waals surface area contributed by atoms with Crippen LogP contribution in [0.2, 0.25) is 0 Å². The van der Waals surface area contributed by atoms with E-state index >= 15 is 0 Å². The molecule has 0 aliphatic carbocycles. The maximum atomic E-state index is 11.8. The van der Waals surface area contributed by atoms with E-state index in [4.69, 9.17) is 9.97 Å². The summed E-state index contributed by atoms with van der Waals surface area (Å²) in [5.74, 6) is -0.968. The Morgan fingerprint density at radius 2 is 0.667 bits per heavy atom. The van der Waals surface area contributed by atoms with Crippen LogP contribution in [0.4, 0.5) is 0 Å². The Balaban J connectivity index is 1.45. The molecule has 6 heteroatoms. The Labute approximate surface area is 312 Å². The first-order chi connectivity index (χ1) is 26.3. The first kappa shape index (κ1) is 32.8. The minimum atomic E-state index is -0.968. The molecule has 5 heterocycles. The molecule has 260 valence electrons. The molecule has 2 aliphatic rings. The third-order valence-electron chi connectivity index (χ3n) is 10.2. The predicted octanol–water partition coefficient (Wildman–Crippen LogP) is 11.9. The zero-order valence-electron chi connectivity index (χ0n) is 30.1. The highest BCUT2D eigenvalue weighted by atomic mass is 16.4. The lowest BCUT2D eigenvalue weighted by Gasteiger charge is -2.07. The quantitative estimate of drug-likeness (QED) is 0.167. The van der Waals surface area contributed by atoms with E-state index < -0.39 is 5.97 Å². The molecule has 0 radical (unpaired) electrons. The molecule has 0 spiro atoms. The molecule has 3 N–H and O–H groups in total. The Hall–Kier alpha value is -7.05. The van der Waals surface area contributed by atoms with Crippen molar-refractivity contribution in [2.75, 3.05) is 0 Å². The van der Waals surface area contributed by atoms with Gasteiger partial charge in [0.2, 0.25) is 0 Å². The average molecular weight is 701 g/mol. The number of fused-ring (bicyclic) bond motifs is 8. The molecule has 0 unspecified atom stereocenters. The minimum Gasteiger partial charge on any atom is -0.478 e. The monoisotopic (exact) mass is 700 g/mol. The van der Waals surface area contributed by atoms with Crippen LogP contribution in [-0.4, -0.2) is 31.0 Å². The third-order valence-corrected chi connectivity index (χ3v) is 10.2. The zero-order chi connectivity index (χ0) is 36.9. The van der Waals surface area contributed by atoms with Crippen LogP contribution in [0.5, 0.6) is 0 Å². The lowest BCUT2D eigenvalue weighted by Crippen LogP contribution is -1.95. The first-order valence-electron chi connectivity index (χ1n) is 18.0. The van der Waals surface area contributed by atoms with E-state index in [2.05, 4.69) is 146 Å². The molecule has 7 aromatic rings. The van der Waals surface area contributed by atoms with E-state index in [1.165, 1.54) is 16.7 Å². The fourth-order valence-electron chi connectivity index (χ4n) is 7.36. The molecular formula is C48H36N4O2. The number of nitrogens with zero attached hydrogens (tertiary/aromatic N) is 2. The molecule has 4 aromatic carbocycles. The Morgan fingerprint density at radius 3 is 0.926 bits per heavy atom. The third kappa shape index (κ3) is 5.94. The Bertz CT molecular complexity index is 2790. The first-order valence-corrected chi connectivity index (χ1v) is 18.0. The van der Waals surface area contributed by atoms with Crippen molar-refractivity contribution >= 4 is 52.3 Å². The summed E-state index contributed by atoms with van der Waals surface area (Å²) in [6.07, 6.45) is 8.33. The van der Waals surface area contributed by atoms with Crippen LogP contribution in [0.25, 0.3) is 90.9 Å². The number of hydrogen-bond acceptors (Lipinski definition) is 3. The lowest BCUT2D eigenvalue weighted by molar-refractivity contribution is 0.0697. The van der Waals surface area contributed by atoms with E-state index in [0.717, 1.165) is 89.4 Å². The van der Waals surface area contributed by atoms with Gasteiger partial charge in [0.1, 0.15) is 0 Å². The molecule has 6 nitrogen and oxygen atoms in total.